The molecule has 0 saturated heterocycles. The SMILES string of the molecule is CC1=C[C@@]2(Nc3cc(C(C)C)cc(Br)c3O2)C(C#N)=C(N)O1. The summed E-state index contributed by atoms with van der Waals surface area (Å²) < 4.78 is 12.2. The highest BCUT2D eigenvalue weighted by Gasteiger charge is 2.46. The number of ether oxygens (including phenoxy) is 2. The lowest BCUT2D eigenvalue weighted by atomic mass is 10.0. The van der Waals surface area contributed by atoms with Crippen molar-refractivity contribution < 1.29 is 9.47 Å². The Morgan fingerprint density at radius 1 is 1.41 bits per heavy atom. The van der Waals surface area contributed by atoms with Crippen LogP contribution in [0.15, 0.2) is 39.9 Å². The van der Waals surface area contributed by atoms with Gasteiger partial charge in [0.15, 0.2) is 11.3 Å². The van der Waals surface area contributed by atoms with Gasteiger partial charge in [0.1, 0.15) is 11.8 Å². The van der Waals surface area contributed by atoms with Crippen LogP contribution in [-0.2, 0) is 4.74 Å². The van der Waals surface area contributed by atoms with Gasteiger partial charge in [-0.15, -0.1) is 0 Å². The standard InChI is InChI=1S/C16H16BrN3O2/c1-8(2)10-4-12(17)14-13(5-10)20-16(22-14)6-9(3)21-15(19)11(16)7-18/h4-6,8,20H,19H2,1-3H3/t16-/m0/s1. The Balaban J connectivity index is 2.12. The van der Waals surface area contributed by atoms with Crippen LogP contribution in [0.1, 0.15) is 32.3 Å². The Labute approximate surface area is 137 Å². The topological polar surface area (TPSA) is 80.3 Å². The largest absolute Gasteiger partial charge is 0.456 e. The summed E-state index contributed by atoms with van der Waals surface area (Å²) in [6, 6.07) is 6.14. The minimum Gasteiger partial charge on any atom is -0.456 e. The molecule has 0 aliphatic carbocycles. The van der Waals surface area contributed by atoms with E-state index in [-0.39, 0.29) is 11.5 Å². The second-order valence-corrected chi connectivity index (χ2v) is 6.56. The minimum atomic E-state index is -1.11. The molecule has 2 aliphatic heterocycles. The highest BCUT2D eigenvalue weighted by molar-refractivity contribution is 9.10. The van der Waals surface area contributed by atoms with Crippen LogP contribution in [0.5, 0.6) is 5.75 Å². The van der Waals surface area contributed by atoms with E-state index in [9.17, 15) is 5.26 Å². The van der Waals surface area contributed by atoms with E-state index >= 15 is 0 Å². The van der Waals surface area contributed by atoms with Crippen LogP contribution < -0.4 is 15.8 Å². The molecule has 22 heavy (non-hydrogen) atoms. The van der Waals surface area contributed by atoms with Gasteiger partial charge in [-0.25, -0.2) is 0 Å². The number of hydrogen-bond acceptors (Lipinski definition) is 5. The number of nitrogens with two attached hydrogens (primary N) is 1. The van der Waals surface area contributed by atoms with Crippen molar-refractivity contribution in [2.75, 3.05) is 5.32 Å². The van der Waals surface area contributed by atoms with Gasteiger partial charge in [0.2, 0.25) is 11.6 Å². The first kappa shape index (κ1) is 14.8. The van der Waals surface area contributed by atoms with Crippen LogP contribution in [0, 0.1) is 11.3 Å². The molecule has 6 heteroatoms. The number of hydrogen-bond donors (Lipinski definition) is 2. The summed E-state index contributed by atoms with van der Waals surface area (Å²) in [5, 5.41) is 12.7. The molecule has 1 aromatic rings. The van der Waals surface area contributed by atoms with Gasteiger partial charge in [0.25, 0.3) is 0 Å². The molecule has 2 aliphatic rings. The predicted octanol–water partition coefficient (Wildman–Crippen LogP) is 3.70. The van der Waals surface area contributed by atoms with E-state index in [2.05, 4.69) is 41.2 Å². The number of fused-ring (bicyclic) bond motifs is 1. The Kier molecular flexibility index (Phi) is 3.33. The maximum atomic E-state index is 9.44. The summed E-state index contributed by atoms with van der Waals surface area (Å²) in [5.41, 5.74) is 6.95. The van der Waals surface area contributed by atoms with Crippen molar-refractivity contribution in [3.05, 3.63) is 45.5 Å². The van der Waals surface area contributed by atoms with E-state index in [0.29, 0.717) is 17.4 Å². The zero-order valence-corrected chi connectivity index (χ0v) is 14.1. The first-order valence-corrected chi connectivity index (χ1v) is 7.74. The van der Waals surface area contributed by atoms with Gasteiger partial charge in [-0.1, -0.05) is 13.8 Å². The van der Waals surface area contributed by atoms with Crippen LogP contribution >= 0.6 is 15.9 Å². The van der Waals surface area contributed by atoms with E-state index in [1.54, 1.807) is 13.0 Å². The first-order valence-electron chi connectivity index (χ1n) is 6.94. The summed E-state index contributed by atoms with van der Waals surface area (Å²) in [6.07, 6.45) is 1.73. The summed E-state index contributed by atoms with van der Waals surface area (Å²) >= 11 is 3.54. The van der Waals surface area contributed by atoms with E-state index in [1.807, 2.05) is 12.1 Å². The summed E-state index contributed by atoms with van der Waals surface area (Å²) in [5.74, 6) is 1.68. The Morgan fingerprint density at radius 3 is 2.77 bits per heavy atom. The van der Waals surface area contributed by atoms with Crippen LogP contribution in [0.3, 0.4) is 0 Å². The number of benzene rings is 1. The number of halogens is 1. The molecule has 0 unspecified atom stereocenters. The molecule has 0 fully saturated rings. The molecule has 1 aromatic carbocycles. The van der Waals surface area contributed by atoms with Gasteiger partial charge in [0, 0.05) is 6.08 Å². The van der Waals surface area contributed by atoms with Crippen LogP contribution in [0.25, 0.3) is 0 Å². The molecule has 0 radical (unpaired) electrons. The molecule has 114 valence electrons. The predicted molar refractivity (Wildman–Crippen MR) is 86.9 cm³/mol. The smallest absolute Gasteiger partial charge is 0.245 e. The van der Waals surface area contributed by atoms with Crippen LogP contribution in [0.4, 0.5) is 5.69 Å². The van der Waals surface area contributed by atoms with Gasteiger partial charge in [-0.3, -0.25) is 0 Å². The van der Waals surface area contributed by atoms with Crippen molar-refractivity contribution in [1.29, 1.82) is 5.26 Å². The van der Waals surface area contributed by atoms with Crippen molar-refractivity contribution in [2.45, 2.75) is 32.4 Å². The summed E-state index contributed by atoms with van der Waals surface area (Å²) in [4.78, 5) is 0. The number of rotatable bonds is 1. The zero-order chi connectivity index (χ0) is 16.1. The highest BCUT2D eigenvalue weighted by Crippen LogP contribution is 2.48. The molecule has 3 rings (SSSR count). The number of allylic oxidation sites excluding steroid dienone is 1. The van der Waals surface area contributed by atoms with E-state index in [0.717, 1.165) is 10.2 Å². The Hall–Kier alpha value is -2.13. The monoisotopic (exact) mass is 361 g/mol. The maximum absolute atomic E-state index is 9.44. The molecule has 0 amide bonds. The Bertz CT molecular complexity index is 761. The fourth-order valence-electron chi connectivity index (χ4n) is 2.64. The third-order valence-electron chi connectivity index (χ3n) is 3.72. The van der Waals surface area contributed by atoms with Crippen molar-refractivity contribution in [2.24, 2.45) is 5.73 Å². The van der Waals surface area contributed by atoms with E-state index in [4.69, 9.17) is 15.2 Å². The molecule has 0 bridgehead atoms. The number of anilines is 1. The molecule has 1 spiro atoms. The third-order valence-corrected chi connectivity index (χ3v) is 4.31. The quantitative estimate of drug-likeness (QED) is 0.796. The second-order valence-electron chi connectivity index (χ2n) is 5.70. The van der Waals surface area contributed by atoms with Crippen molar-refractivity contribution in [3.8, 4) is 11.8 Å². The highest BCUT2D eigenvalue weighted by atomic mass is 79.9. The lowest BCUT2D eigenvalue weighted by Gasteiger charge is -2.30. The molecular weight excluding hydrogens is 346 g/mol. The first-order chi connectivity index (χ1) is 10.4. The number of nitrogens with one attached hydrogen (secondary N) is 1. The molecule has 0 saturated carbocycles. The van der Waals surface area contributed by atoms with Crippen molar-refractivity contribution in [1.82, 2.24) is 0 Å². The fourth-order valence-corrected chi connectivity index (χ4v) is 3.20. The normalized spacial score (nSPS) is 22.6. The maximum Gasteiger partial charge on any atom is 0.245 e. The molecule has 0 aromatic heterocycles. The van der Waals surface area contributed by atoms with Crippen molar-refractivity contribution >= 4 is 21.6 Å². The van der Waals surface area contributed by atoms with Gasteiger partial charge >= 0.3 is 0 Å². The van der Waals surface area contributed by atoms with Gasteiger partial charge in [-0.2, -0.15) is 5.26 Å². The van der Waals surface area contributed by atoms with E-state index in [1.165, 1.54) is 5.56 Å². The Morgan fingerprint density at radius 2 is 2.14 bits per heavy atom. The van der Waals surface area contributed by atoms with Gasteiger partial charge in [0.05, 0.1) is 10.2 Å². The molecule has 3 N–H and O–H groups in total. The van der Waals surface area contributed by atoms with Crippen LogP contribution in [-0.4, -0.2) is 5.72 Å². The number of nitrogens with zero attached hydrogens (tertiary/aromatic N) is 1. The minimum absolute atomic E-state index is 0.0583. The summed E-state index contributed by atoms with van der Waals surface area (Å²) in [6.45, 7) is 6.01. The second kappa shape index (κ2) is 4.96. The van der Waals surface area contributed by atoms with E-state index < -0.39 is 5.72 Å². The zero-order valence-electron chi connectivity index (χ0n) is 12.5. The lowest BCUT2D eigenvalue weighted by molar-refractivity contribution is 0.174. The third kappa shape index (κ3) is 2.13. The average Bonchev–Trinajstić information content (AvgIpc) is 2.77. The van der Waals surface area contributed by atoms with Gasteiger partial charge in [-0.05, 0) is 46.5 Å². The summed E-state index contributed by atoms with van der Waals surface area (Å²) in [7, 11) is 0. The molecule has 2 heterocycles. The lowest BCUT2D eigenvalue weighted by Crippen LogP contribution is -2.44. The van der Waals surface area contributed by atoms with Gasteiger partial charge < -0.3 is 20.5 Å². The fraction of sp³-hybridized carbons (Fsp3) is 0.312. The molecule has 5 nitrogen and oxygen atoms in total. The average molecular weight is 362 g/mol. The number of nitriles is 1. The molecule has 1 atom stereocenters. The van der Waals surface area contributed by atoms with Crippen molar-refractivity contribution in [3.63, 3.8) is 0 Å². The van der Waals surface area contributed by atoms with Crippen LogP contribution in [0.2, 0.25) is 0 Å². The molecular formula is C16H16BrN3O2.